The van der Waals surface area contributed by atoms with Gasteiger partial charge in [-0.3, -0.25) is 9.59 Å². The number of hydrogen-bond donors (Lipinski definition) is 2. The quantitative estimate of drug-likeness (QED) is 0.594. The summed E-state index contributed by atoms with van der Waals surface area (Å²) in [5.74, 6) is 0.238. The minimum atomic E-state index is -0.312. The Kier molecular flexibility index (Phi) is 5.48. The highest BCUT2D eigenvalue weighted by molar-refractivity contribution is 8.00. The van der Waals surface area contributed by atoms with Gasteiger partial charge in [0.2, 0.25) is 5.91 Å². The van der Waals surface area contributed by atoms with Crippen LogP contribution in [0.5, 0.6) is 0 Å². The summed E-state index contributed by atoms with van der Waals surface area (Å²) in [6.45, 7) is 0. The van der Waals surface area contributed by atoms with Gasteiger partial charge in [0.1, 0.15) is 0 Å². The van der Waals surface area contributed by atoms with Crippen LogP contribution in [-0.2, 0) is 17.6 Å². The molecule has 0 radical (unpaired) electrons. The largest absolute Gasteiger partial charge is 0.459 e. The molecule has 1 heterocycles. The van der Waals surface area contributed by atoms with Crippen LogP contribution in [-0.4, -0.2) is 17.6 Å². The Morgan fingerprint density at radius 1 is 0.929 bits per heavy atom. The number of rotatable bonds is 6. The van der Waals surface area contributed by atoms with E-state index in [9.17, 15) is 9.59 Å². The Hall–Kier alpha value is -2.99. The van der Waals surface area contributed by atoms with Crippen LogP contribution in [0.1, 0.15) is 28.1 Å². The third kappa shape index (κ3) is 4.46. The molecule has 6 heteroatoms. The molecule has 2 amide bonds. The lowest BCUT2D eigenvalue weighted by atomic mass is 10.1. The van der Waals surface area contributed by atoms with Gasteiger partial charge in [-0.2, -0.15) is 0 Å². The predicted octanol–water partition coefficient (Wildman–Crippen LogP) is 4.75. The second kappa shape index (κ2) is 8.35. The topological polar surface area (TPSA) is 71.3 Å². The minimum absolute atomic E-state index is 0.0575. The molecule has 1 aromatic heterocycles. The molecule has 0 bridgehead atoms. The maximum Gasteiger partial charge on any atom is 0.291 e. The first kappa shape index (κ1) is 18.4. The van der Waals surface area contributed by atoms with Crippen molar-refractivity contribution in [3.05, 3.63) is 77.7 Å². The predicted molar refractivity (Wildman–Crippen MR) is 111 cm³/mol. The summed E-state index contributed by atoms with van der Waals surface area (Å²) in [7, 11) is 0. The van der Waals surface area contributed by atoms with Crippen LogP contribution in [0.25, 0.3) is 0 Å². The molecule has 142 valence electrons. The number of furan rings is 1. The van der Waals surface area contributed by atoms with Crippen molar-refractivity contribution in [1.29, 1.82) is 0 Å². The molecule has 28 heavy (non-hydrogen) atoms. The first-order valence-electron chi connectivity index (χ1n) is 9.17. The van der Waals surface area contributed by atoms with Crippen LogP contribution in [0.4, 0.5) is 11.4 Å². The van der Waals surface area contributed by atoms with E-state index < -0.39 is 0 Å². The zero-order valence-electron chi connectivity index (χ0n) is 15.2. The van der Waals surface area contributed by atoms with Gasteiger partial charge < -0.3 is 15.1 Å². The summed E-state index contributed by atoms with van der Waals surface area (Å²) in [4.78, 5) is 25.3. The maximum absolute atomic E-state index is 12.2. The van der Waals surface area contributed by atoms with Crippen molar-refractivity contribution in [2.24, 2.45) is 0 Å². The Bertz CT molecular complexity index is 982. The lowest BCUT2D eigenvalue weighted by molar-refractivity contribution is -0.113. The lowest BCUT2D eigenvalue weighted by Gasteiger charge is -2.08. The van der Waals surface area contributed by atoms with E-state index in [1.54, 1.807) is 48.2 Å². The molecule has 0 atom stereocenters. The standard InChI is InChI=1S/C22H20N2O3S/c25-21(14-28-19-11-6-15-3-1-4-16(15)13-19)23-17-7-9-18(10-8-17)24-22(26)20-5-2-12-27-20/h2,5-13H,1,3-4,14H2,(H,23,25)(H,24,26). The highest BCUT2D eigenvalue weighted by Crippen LogP contribution is 2.27. The van der Waals surface area contributed by atoms with Gasteiger partial charge in [0.25, 0.3) is 5.91 Å². The highest BCUT2D eigenvalue weighted by atomic mass is 32.2. The summed E-state index contributed by atoms with van der Waals surface area (Å²) >= 11 is 1.54. The van der Waals surface area contributed by atoms with E-state index in [0.717, 1.165) is 11.3 Å². The second-order valence-corrected chi connectivity index (χ2v) is 7.68. The summed E-state index contributed by atoms with van der Waals surface area (Å²) in [5.41, 5.74) is 4.17. The minimum Gasteiger partial charge on any atom is -0.459 e. The molecule has 2 N–H and O–H groups in total. The number of amides is 2. The van der Waals surface area contributed by atoms with Crippen molar-refractivity contribution >= 4 is 35.0 Å². The second-order valence-electron chi connectivity index (χ2n) is 6.63. The first-order chi connectivity index (χ1) is 13.7. The summed E-state index contributed by atoms with van der Waals surface area (Å²) in [6, 6.07) is 16.7. The molecule has 5 nitrogen and oxygen atoms in total. The van der Waals surface area contributed by atoms with Crippen molar-refractivity contribution in [2.75, 3.05) is 16.4 Å². The number of benzene rings is 2. The zero-order chi connectivity index (χ0) is 19.3. The van der Waals surface area contributed by atoms with Crippen molar-refractivity contribution < 1.29 is 14.0 Å². The molecule has 2 aromatic carbocycles. The van der Waals surface area contributed by atoms with E-state index in [2.05, 4.69) is 28.8 Å². The van der Waals surface area contributed by atoms with Crippen molar-refractivity contribution in [2.45, 2.75) is 24.2 Å². The molecule has 0 unspecified atom stereocenters. The van der Waals surface area contributed by atoms with Crippen LogP contribution >= 0.6 is 11.8 Å². The molecule has 3 aromatic rings. The molecule has 0 fully saturated rings. The van der Waals surface area contributed by atoms with E-state index in [1.807, 2.05) is 0 Å². The number of thioether (sulfide) groups is 1. The summed E-state index contributed by atoms with van der Waals surface area (Å²) in [6.07, 6.45) is 4.98. The zero-order valence-corrected chi connectivity index (χ0v) is 16.1. The molecular weight excluding hydrogens is 372 g/mol. The third-order valence-electron chi connectivity index (χ3n) is 4.61. The van der Waals surface area contributed by atoms with Crippen LogP contribution in [0.2, 0.25) is 0 Å². The van der Waals surface area contributed by atoms with Gasteiger partial charge in [0.15, 0.2) is 5.76 Å². The van der Waals surface area contributed by atoms with E-state index >= 15 is 0 Å². The van der Waals surface area contributed by atoms with E-state index in [-0.39, 0.29) is 17.6 Å². The first-order valence-corrected chi connectivity index (χ1v) is 10.2. The third-order valence-corrected chi connectivity index (χ3v) is 5.61. The average Bonchev–Trinajstić information content (AvgIpc) is 3.39. The molecular formula is C22H20N2O3S. The van der Waals surface area contributed by atoms with Gasteiger partial charge in [0, 0.05) is 16.3 Å². The Morgan fingerprint density at radius 2 is 1.68 bits per heavy atom. The van der Waals surface area contributed by atoms with Gasteiger partial charge in [0.05, 0.1) is 12.0 Å². The normalized spacial score (nSPS) is 12.4. The number of carbonyl (C=O) groups is 2. The number of anilines is 2. The number of nitrogens with one attached hydrogen (secondary N) is 2. The van der Waals surface area contributed by atoms with Gasteiger partial charge >= 0.3 is 0 Å². The number of aryl methyl sites for hydroxylation is 2. The maximum atomic E-state index is 12.2. The number of fused-ring (bicyclic) bond motifs is 1. The number of carbonyl (C=O) groups excluding carboxylic acids is 2. The fourth-order valence-corrected chi connectivity index (χ4v) is 3.98. The van der Waals surface area contributed by atoms with E-state index in [1.165, 1.54) is 30.2 Å². The molecule has 1 aliphatic carbocycles. The van der Waals surface area contributed by atoms with Crippen molar-refractivity contribution in [3.8, 4) is 0 Å². The molecule has 4 rings (SSSR count). The van der Waals surface area contributed by atoms with Crippen LogP contribution in [0.3, 0.4) is 0 Å². The highest BCUT2D eigenvalue weighted by Gasteiger charge is 2.12. The molecule has 0 aliphatic heterocycles. The van der Waals surface area contributed by atoms with Crippen molar-refractivity contribution in [1.82, 2.24) is 0 Å². The SMILES string of the molecule is O=C(CSc1ccc2c(c1)CCC2)Nc1ccc(NC(=O)c2ccco2)cc1. The molecule has 1 aliphatic rings. The van der Waals surface area contributed by atoms with Gasteiger partial charge in [-0.05, 0) is 78.9 Å². The smallest absolute Gasteiger partial charge is 0.291 e. The summed E-state index contributed by atoms with van der Waals surface area (Å²) < 4.78 is 5.06. The van der Waals surface area contributed by atoms with Gasteiger partial charge in [-0.1, -0.05) is 6.07 Å². The average molecular weight is 392 g/mol. The number of hydrogen-bond acceptors (Lipinski definition) is 4. The fourth-order valence-electron chi connectivity index (χ4n) is 3.22. The Balaban J connectivity index is 1.28. The van der Waals surface area contributed by atoms with Crippen molar-refractivity contribution in [3.63, 3.8) is 0 Å². The Labute approximate surface area is 167 Å². The molecule has 0 saturated heterocycles. The Morgan fingerprint density at radius 3 is 2.43 bits per heavy atom. The molecule has 0 spiro atoms. The monoisotopic (exact) mass is 392 g/mol. The van der Waals surface area contributed by atoms with E-state index in [4.69, 9.17) is 4.42 Å². The summed E-state index contributed by atoms with van der Waals surface area (Å²) in [5, 5.41) is 5.62. The fraction of sp³-hybridized carbons (Fsp3) is 0.182. The van der Waals surface area contributed by atoms with Crippen LogP contribution in [0, 0.1) is 0 Å². The molecule has 0 saturated carbocycles. The lowest BCUT2D eigenvalue weighted by Crippen LogP contribution is -2.14. The van der Waals surface area contributed by atoms with E-state index in [0.29, 0.717) is 17.1 Å². The van der Waals surface area contributed by atoms with Gasteiger partial charge in [-0.15, -0.1) is 11.8 Å². The van der Waals surface area contributed by atoms with Crippen LogP contribution in [0.15, 0.2) is 70.2 Å². The van der Waals surface area contributed by atoms with Crippen LogP contribution < -0.4 is 10.6 Å². The van der Waals surface area contributed by atoms with Gasteiger partial charge in [-0.25, -0.2) is 0 Å².